The van der Waals surface area contributed by atoms with Crippen molar-refractivity contribution in [1.82, 2.24) is 4.98 Å². The lowest BCUT2D eigenvalue weighted by molar-refractivity contribution is 0.0922. The third-order valence-electron chi connectivity index (χ3n) is 2.86. The predicted molar refractivity (Wildman–Crippen MR) is 84.9 cm³/mol. The van der Waals surface area contributed by atoms with Gasteiger partial charge in [-0.1, -0.05) is 15.9 Å². The second-order valence-electron chi connectivity index (χ2n) is 4.37. The molecule has 0 aliphatic carbocycles. The minimum Gasteiger partial charge on any atom is -0.396 e. The maximum atomic E-state index is 8.61. The molecule has 0 spiro atoms. The van der Waals surface area contributed by atoms with Gasteiger partial charge >= 0.3 is 0 Å². The van der Waals surface area contributed by atoms with Gasteiger partial charge in [0, 0.05) is 23.0 Å². The average Bonchev–Trinajstić information content (AvgIpc) is 2.44. The van der Waals surface area contributed by atoms with Gasteiger partial charge in [-0.25, -0.2) is 0 Å². The first kappa shape index (κ1) is 15.0. The summed E-state index contributed by atoms with van der Waals surface area (Å²) in [5.41, 5.74) is 8.43. The highest BCUT2D eigenvalue weighted by Crippen LogP contribution is 2.29. The molecule has 2 rings (SSSR count). The molecule has 5 nitrogen and oxygen atoms in total. The largest absolute Gasteiger partial charge is 0.396 e. The van der Waals surface area contributed by atoms with Crippen LogP contribution >= 0.6 is 15.9 Å². The molecule has 0 atom stereocenters. The number of fused-ring (bicyclic) bond motifs is 1. The molecule has 20 heavy (non-hydrogen) atoms. The highest BCUT2D eigenvalue weighted by molar-refractivity contribution is 9.10. The molecule has 0 saturated heterocycles. The van der Waals surface area contributed by atoms with E-state index in [1.54, 1.807) is 6.20 Å². The number of rotatable bonds is 7. The molecule has 1 heterocycles. The fraction of sp³-hybridized carbons (Fsp3) is 0.357. The molecule has 1 aromatic carbocycles. The van der Waals surface area contributed by atoms with Crippen molar-refractivity contribution in [3.63, 3.8) is 0 Å². The minimum atomic E-state index is 0.0589. The second-order valence-corrected chi connectivity index (χ2v) is 5.28. The number of hydrogen-bond donors (Lipinski definition) is 3. The van der Waals surface area contributed by atoms with Gasteiger partial charge in [0.05, 0.1) is 36.3 Å². The van der Waals surface area contributed by atoms with Crippen molar-refractivity contribution < 1.29 is 9.84 Å². The van der Waals surface area contributed by atoms with Gasteiger partial charge in [-0.15, -0.1) is 0 Å². The summed E-state index contributed by atoms with van der Waals surface area (Å²) in [5, 5.41) is 12.9. The summed E-state index contributed by atoms with van der Waals surface area (Å²) >= 11 is 3.46. The molecule has 6 heteroatoms. The lowest BCUT2D eigenvalue weighted by atomic mass is 10.1. The highest BCUT2D eigenvalue weighted by atomic mass is 79.9. The molecule has 4 N–H and O–H groups in total. The van der Waals surface area contributed by atoms with Crippen molar-refractivity contribution in [3.8, 4) is 0 Å². The van der Waals surface area contributed by atoms with Crippen LogP contribution in [0.3, 0.4) is 0 Å². The van der Waals surface area contributed by atoms with Crippen LogP contribution in [-0.4, -0.2) is 36.5 Å². The van der Waals surface area contributed by atoms with E-state index < -0.39 is 0 Å². The number of anilines is 2. The van der Waals surface area contributed by atoms with Crippen LogP contribution in [0.4, 0.5) is 11.4 Å². The van der Waals surface area contributed by atoms with E-state index in [0.717, 1.165) is 34.0 Å². The fourth-order valence-electron chi connectivity index (χ4n) is 1.93. The van der Waals surface area contributed by atoms with Crippen LogP contribution in [0.2, 0.25) is 0 Å². The molecule has 108 valence electrons. The molecule has 0 aliphatic heterocycles. The maximum absolute atomic E-state index is 8.61. The van der Waals surface area contributed by atoms with E-state index in [2.05, 4.69) is 26.2 Å². The fourth-order valence-corrected chi connectivity index (χ4v) is 2.29. The summed E-state index contributed by atoms with van der Waals surface area (Å²) in [6.45, 7) is 1.80. The number of nitrogen functional groups attached to an aromatic ring is 1. The number of benzene rings is 1. The third-order valence-corrected chi connectivity index (χ3v) is 3.36. The van der Waals surface area contributed by atoms with Gasteiger partial charge in [0.1, 0.15) is 0 Å². The van der Waals surface area contributed by atoms with Gasteiger partial charge in [-0.3, -0.25) is 4.98 Å². The monoisotopic (exact) mass is 339 g/mol. The Morgan fingerprint density at radius 1 is 1.35 bits per heavy atom. The molecule has 0 saturated carbocycles. The van der Waals surface area contributed by atoms with Crippen LogP contribution in [0.15, 0.2) is 28.9 Å². The number of hydrogen-bond acceptors (Lipinski definition) is 5. The zero-order chi connectivity index (χ0) is 14.4. The number of ether oxygens (including phenoxy) is 1. The molecule has 0 bridgehead atoms. The van der Waals surface area contributed by atoms with Gasteiger partial charge in [0.25, 0.3) is 0 Å². The first-order chi connectivity index (χ1) is 9.72. The first-order valence-corrected chi connectivity index (χ1v) is 7.28. The molecule has 0 radical (unpaired) electrons. The topological polar surface area (TPSA) is 80.4 Å². The molecule has 0 aliphatic rings. The van der Waals surface area contributed by atoms with Crippen LogP contribution in [0.25, 0.3) is 10.9 Å². The molecule has 1 aromatic heterocycles. The van der Waals surface area contributed by atoms with Crippen molar-refractivity contribution >= 4 is 38.2 Å². The van der Waals surface area contributed by atoms with E-state index in [1.165, 1.54) is 0 Å². The number of halogens is 1. The number of nitrogens with zero attached hydrogens (tertiary/aromatic N) is 1. The zero-order valence-corrected chi connectivity index (χ0v) is 12.7. The van der Waals surface area contributed by atoms with Crippen molar-refractivity contribution in [2.75, 3.05) is 37.4 Å². The molecule has 0 fully saturated rings. The Morgan fingerprint density at radius 3 is 3.00 bits per heavy atom. The van der Waals surface area contributed by atoms with E-state index >= 15 is 0 Å². The number of aliphatic hydroxyl groups excluding tert-OH is 1. The second kappa shape index (κ2) is 7.42. The predicted octanol–water partition coefficient (Wildman–Crippen LogP) is 2.39. The summed E-state index contributed by atoms with van der Waals surface area (Å²) < 4.78 is 6.21. The SMILES string of the molecule is Nc1cnc2ccc(Br)cc2c1NCCCOCCO. The van der Waals surface area contributed by atoms with Crippen LogP contribution in [0, 0.1) is 0 Å². The zero-order valence-electron chi connectivity index (χ0n) is 11.1. The van der Waals surface area contributed by atoms with Crippen molar-refractivity contribution in [1.29, 1.82) is 0 Å². The molecule has 0 amide bonds. The van der Waals surface area contributed by atoms with Crippen LogP contribution in [0.5, 0.6) is 0 Å². The lowest BCUT2D eigenvalue weighted by Gasteiger charge is -2.12. The maximum Gasteiger partial charge on any atom is 0.0743 e. The summed E-state index contributed by atoms with van der Waals surface area (Å²) in [6.07, 6.45) is 2.51. The summed E-state index contributed by atoms with van der Waals surface area (Å²) in [5.74, 6) is 0. The van der Waals surface area contributed by atoms with E-state index in [0.29, 0.717) is 18.9 Å². The van der Waals surface area contributed by atoms with E-state index in [9.17, 15) is 0 Å². The van der Waals surface area contributed by atoms with E-state index in [1.807, 2.05) is 18.2 Å². The van der Waals surface area contributed by atoms with Crippen LogP contribution in [-0.2, 0) is 4.74 Å². The van der Waals surface area contributed by atoms with Crippen LogP contribution < -0.4 is 11.1 Å². The Hall–Kier alpha value is -1.37. The van der Waals surface area contributed by atoms with Crippen molar-refractivity contribution in [2.45, 2.75) is 6.42 Å². The van der Waals surface area contributed by atoms with E-state index in [4.69, 9.17) is 15.6 Å². The molecular weight excluding hydrogens is 322 g/mol. The summed E-state index contributed by atoms with van der Waals surface area (Å²) in [7, 11) is 0. The Bertz CT molecular complexity index is 572. The average molecular weight is 340 g/mol. The summed E-state index contributed by atoms with van der Waals surface area (Å²) in [6, 6.07) is 5.91. The van der Waals surface area contributed by atoms with Gasteiger partial charge in [-0.05, 0) is 24.6 Å². The number of nitrogens with two attached hydrogens (primary N) is 1. The first-order valence-electron chi connectivity index (χ1n) is 6.48. The number of aromatic nitrogens is 1. The number of nitrogens with one attached hydrogen (secondary N) is 1. The normalized spacial score (nSPS) is 10.9. The molecule has 0 unspecified atom stereocenters. The smallest absolute Gasteiger partial charge is 0.0743 e. The highest BCUT2D eigenvalue weighted by Gasteiger charge is 2.06. The summed E-state index contributed by atoms with van der Waals surface area (Å²) in [4.78, 5) is 4.31. The van der Waals surface area contributed by atoms with Gasteiger partial charge in [-0.2, -0.15) is 0 Å². The third kappa shape index (κ3) is 3.82. The van der Waals surface area contributed by atoms with Crippen LogP contribution in [0.1, 0.15) is 6.42 Å². The molecular formula is C14H18BrN3O2. The standard InChI is InChI=1S/C14H18BrN3O2/c15-10-2-3-13-11(8-10)14(12(16)9-18-13)17-4-1-6-20-7-5-19/h2-3,8-9,19H,1,4-7,16H2,(H,17,18). The van der Waals surface area contributed by atoms with Gasteiger partial charge < -0.3 is 20.9 Å². The van der Waals surface area contributed by atoms with Gasteiger partial charge in [0.2, 0.25) is 0 Å². The lowest BCUT2D eigenvalue weighted by Crippen LogP contribution is -2.09. The van der Waals surface area contributed by atoms with Gasteiger partial charge in [0.15, 0.2) is 0 Å². The Balaban J connectivity index is 2.05. The Kier molecular flexibility index (Phi) is 5.58. The van der Waals surface area contributed by atoms with E-state index in [-0.39, 0.29) is 6.61 Å². The van der Waals surface area contributed by atoms with Crippen molar-refractivity contribution in [3.05, 3.63) is 28.9 Å². The Labute approximate surface area is 126 Å². The quantitative estimate of drug-likeness (QED) is 0.675. The molecule has 2 aromatic rings. The van der Waals surface area contributed by atoms with Crippen molar-refractivity contribution in [2.24, 2.45) is 0 Å². The minimum absolute atomic E-state index is 0.0589. The number of aliphatic hydroxyl groups is 1. The number of pyridine rings is 1. The Morgan fingerprint density at radius 2 is 2.20 bits per heavy atom.